The first kappa shape index (κ1) is 13.9. The van der Waals surface area contributed by atoms with Gasteiger partial charge in [0.2, 0.25) is 0 Å². The molecular formula is C9H11F3N2O2S. The molecule has 4 nitrogen and oxygen atoms in total. The van der Waals surface area contributed by atoms with Crippen LogP contribution in [0.15, 0.2) is 11.1 Å². The van der Waals surface area contributed by atoms with E-state index in [1.807, 2.05) is 0 Å². The van der Waals surface area contributed by atoms with Gasteiger partial charge in [-0.1, -0.05) is 11.8 Å². The summed E-state index contributed by atoms with van der Waals surface area (Å²) in [7, 11) is 1.52. The molecular weight excluding hydrogens is 257 g/mol. The van der Waals surface area contributed by atoms with Gasteiger partial charge in [0, 0.05) is 7.05 Å². The van der Waals surface area contributed by atoms with Gasteiger partial charge in [-0.25, -0.2) is 0 Å². The fraction of sp³-hybridized carbons (Fsp3) is 0.556. The van der Waals surface area contributed by atoms with Crippen LogP contribution in [0, 0.1) is 6.92 Å². The van der Waals surface area contributed by atoms with Crippen molar-refractivity contribution in [3.63, 3.8) is 0 Å². The third-order valence-corrected chi connectivity index (χ3v) is 3.29. The molecule has 0 radical (unpaired) electrons. The number of aromatic nitrogens is 2. The van der Waals surface area contributed by atoms with E-state index in [9.17, 15) is 18.0 Å². The summed E-state index contributed by atoms with van der Waals surface area (Å²) >= 11 is 0.466. The smallest absolute Gasteiger partial charge is 0.401 e. The maximum atomic E-state index is 12.6. The highest BCUT2D eigenvalue weighted by Gasteiger charge is 2.42. The van der Waals surface area contributed by atoms with Gasteiger partial charge in [-0.15, -0.1) is 0 Å². The minimum atomic E-state index is -4.55. The zero-order valence-corrected chi connectivity index (χ0v) is 9.97. The van der Waals surface area contributed by atoms with Crippen molar-refractivity contribution < 1.29 is 23.1 Å². The van der Waals surface area contributed by atoms with Crippen LogP contribution in [0.4, 0.5) is 13.2 Å². The number of hydrogen-bond donors (Lipinski definition) is 1. The molecule has 0 bridgehead atoms. The molecule has 0 aliphatic heterocycles. The number of aliphatic carboxylic acids is 1. The number of nitrogens with zero attached hydrogens (tertiary/aromatic N) is 2. The summed E-state index contributed by atoms with van der Waals surface area (Å²) in [5.41, 5.74) is 0.589. The highest BCUT2D eigenvalue weighted by molar-refractivity contribution is 8.00. The molecule has 0 aliphatic rings. The average Bonchev–Trinajstić information content (AvgIpc) is 2.41. The van der Waals surface area contributed by atoms with Crippen LogP contribution in [0.25, 0.3) is 0 Å². The lowest BCUT2D eigenvalue weighted by atomic mass is 10.3. The van der Waals surface area contributed by atoms with E-state index in [1.165, 1.54) is 17.8 Å². The number of halogens is 3. The maximum Gasteiger partial charge on any atom is 0.401 e. The van der Waals surface area contributed by atoms with Crippen LogP contribution in [-0.4, -0.2) is 32.3 Å². The molecule has 1 heterocycles. The molecule has 1 atom stereocenters. The Hall–Kier alpha value is -1.18. The Morgan fingerprint density at radius 2 is 2.24 bits per heavy atom. The normalized spacial score (nSPS) is 13.7. The number of alkyl halides is 3. The molecule has 0 amide bonds. The lowest BCUT2D eigenvalue weighted by Crippen LogP contribution is -2.28. The van der Waals surface area contributed by atoms with Crippen LogP contribution in [0.5, 0.6) is 0 Å². The Labute approximate surface area is 99.8 Å². The SMILES string of the molecule is Cc1cc(SC(CC(=O)O)C(F)(F)F)n(C)n1. The fourth-order valence-corrected chi connectivity index (χ4v) is 2.31. The summed E-state index contributed by atoms with van der Waals surface area (Å²) in [6.45, 7) is 1.66. The lowest BCUT2D eigenvalue weighted by Gasteiger charge is -2.17. The topological polar surface area (TPSA) is 55.1 Å². The van der Waals surface area contributed by atoms with Gasteiger partial charge in [0.05, 0.1) is 17.1 Å². The number of rotatable bonds is 4. The minimum Gasteiger partial charge on any atom is -0.481 e. The first-order chi connectivity index (χ1) is 7.70. The standard InChI is InChI=1S/C9H11F3N2O2S/c1-5-3-7(14(2)13-5)17-6(4-8(15)16)9(10,11)12/h3,6H,4H2,1-2H3,(H,15,16). The quantitative estimate of drug-likeness (QED) is 0.851. The van der Waals surface area contributed by atoms with Crippen LogP contribution in [-0.2, 0) is 11.8 Å². The van der Waals surface area contributed by atoms with E-state index in [2.05, 4.69) is 5.10 Å². The van der Waals surface area contributed by atoms with Crippen LogP contribution < -0.4 is 0 Å². The van der Waals surface area contributed by atoms with Crippen molar-refractivity contribution in [2.45, 2.75) is 29.8 Å². The summed E-state index contributed by atoms with van der Waals surface area (Å²) in [6.07, 6.45) is -5.51. The van der Waals surface area contributed by atoms with Crippen molar-refractivity contribution in [3.8, 4) is 0 Å². The van der Waals surface area contributed by atoms with Gasteiger partial charge in [-0.3, -0.25) is 9.48 Å². The van der Waals surface area contributed by atoms with Crippen molar-refractivity contribution in [3.05, 3.63) is 11.8 Å². The Balaban J connectivity index is 2.86. The average molecular weight is 268 g/mol. The fourth-order valence-electron chi connectivity index (χ4n) is 1.23. The molecule has 0 saturated carbocycles. The van der Waals surface area contributed by atoms with Gasteiger partial charge in [0.25, 0.3) is 0 Å². The van der Waals surface area contributed by atoms with Crippen LogP contribution >= 0.6 is 11.8 Å². The summed E-state index contributed by atoms with van der Waals surface area (Å²) in [6, 6.07) is 1.49. The Morgan fingerprint density at radius 3 is 2.59 bits per heavy atom. The second-order valence-corrected chi connectivity index (χ2v) is 4.72. The highest BCUT2D eigenvalue weighted by Crippen LogP contribution is 2.37. The lowest BCUT2D eigenvalue weighted by molar-refractivity contribution is -0.149. The van der Waals surface area contributed by atoms with Crippen molar-refractivity contribution in [2.75, 3.05) is 0 Å². The van der Waals surface area contributed by atoms with E-state index in [4.69, 9.17) is 5.11 Å². The molecule has 0 aromatic carbocycles. The van der Waals surface area contributed by atoms with Gasteiger partial charge < -0.3 is 5.11 Å². The van der Waals surface area contributed by atoms with Crippen LogP contribution in [0.1, 0.15) is 12.1 Å². The third-order valence-electron chi connectivity index (χ3n) is 1.95. The summed E-state index contributed by atoms with van der Waals surface area (Å²) in [5, 5.41) is 10.7. The van der Waals surface area contributed by atoms with E-state index in [1.54, 1.807) is 6.92 Å². The monoisotopic (exact) mass is 268 g/mol. The number of carbonyl (C=O) groups is 1. The molecule has 0 saturated heterocycles. The molecule has 0 spiro atoms. The second kappa shape index (κ2) is 4.99. The predicted molar refractivity (Wildman–Crippen MR) is 55.9 cm³/mol. The van der Waals surface area contributed by atoms with E-state index in [0.717, 1.165) is 0 Å². The maximum absolute atomic E-state index is 12.6. The third kappa shape index (κ3) is 3.95. The van der Waals surface area contributed by atoms with Crippen molar-refractivity contribution in [2.24, 2.45) is 7.05 Å². The van der Waals surface area contributed by atoms with Crippen LogP contribution in [0.3, 0.4) is 0 Å². The first-order valence-electron chi connectivity index (χ1n) is 4.66. The zero-order chi connectivity index (χ0) is 13.2. The molecule has 0 fully saturated rings. The van der Waals surface area contributed by atoms with Crippen molar-refractivity contribution in [1.29, 1.82) is 0 Å². The van der Waals surface area contributed by atoms with E-state index in [0.29, 0.717) is 22.5 Å². The predicted octanol–water partition coefficient (Wildman–Crippen LogP) is 2.23. The van der Waals surface area contributed by atoms with Gasteiger partial charge in [-0.2, -0.15) is 18.3 Å². The molecule has 96 valence electrons. The molecule has 1 unspecified atom stereocenters. The molecule has 1 aromatic rings. The Morgan fingerprint density at radius 1 is 1.65 bits per heavy atom. The van der Waals surface area contributed by atoms with Crippen molar-refractivity contribution >= 4 is 17.7 Å². The minimum absolute atomic E-state index is 0.297. The Bertz CT molecular complexity index is 417. The number of thioether (sulfide) groups is 1. The second-order valence-electron chi connectivity index (χ2n) is 3.49. The molecule has 0 aliphatic carbocycles. The number of carboxylic acid groups (broad SMARTS) is 1. The number of carboxylic acids is 1. The number of hydrogen-bond acceptors (Lipinski definition) is 3. The molecule has 1 aromatic heterocycles. The zero-order valence-electron chi connectivity index (χ0n) is 9.15. The molecule has 1 N–H and O–H groups in total. The van der Waals surface area contributed by atoms with E-state index in [-0.39, 0.29) is 0 Å². The van der Waals surface area contributed by atoms with Crippen LogP contribution in [0.2, 0.25) is 0 Å². The molecule has 17 heavy (non-hydrogen) atoms. The first-order valence-corrected chi connectivity index (χ1v) is 5.54. The summed E-state index contributed by atoms with van der Waals surface area (Å²) in [5.74, 6) is -1.47. The highest BCUT2D eigenvalue weighted by atomic mass is 32.2. The van der Waals surface area contributed by atoms with Gasteiger partial charge >= 0.3 is 12.1 Å². The summed E-state index contributed by atoms with van der Waals surface area (Å²) < 4.78 is 39.1. The largest absolute Gasteiger partial charge is 0.481 e. The summed E-state index contributed by atoms with van der Waals surface area (Å²) in [4.78, 5) is 10.4. The van der Waals surface area contributed by atoms with Gasteiger partial charge in [0.1, 0.15) is 5.25 Å². The molecule has 1 rings (SSSR count). The van der Waals surface area contributed by atoms with Crippen molar-refractivity contribution in [1.82, 2.24) is 9.78 Å². The van der Waals surface area contributed by atoms with E-state index >= 15 is 0 Å². The Kier molecular flexibility index (Phi) is 4.07. The van der Waals surface area contributed by atoms with Gasteiger partial charge in [-0.05, 0) is 13.0 Å². The van der Waals surface area contributed by atoms with E-state index < -0.39 is 23.8 Å². The number of aryl methyl sites for hydroxylation is 2. The van der Waals surface area contributed by atoms with Gasteiger partial charge in [0.15, 0.2) is 0 Å². The molecule has 8 heteroatoms.